The highest BCUT2D eigenvalue weighted by atomic mass is 32.2. The predicted molar refractivity (Wildman–Crippen MR) is 120 cm³/mol. The van der Waals surface area contributed by atoms with Gasteiger partial charge in [-0.25, -0.2) is 8.42 Å². The standard InChI is InChI=1S/C24H24N2O4S/c1-24(2)16-21(20-13-6-7-14-22(20)30-24)25-23(27)17-9-8-10-18(15-17)26-31(28,29)19-11-4-3-5-12-19/h3-15,21,26H,16H2,1-2H3,(H,25,27). The van der Waals surface area contributed by atoms with E-state index in [0.717, 1.165) is 11.3 Å². The molecule has 3 aromatic rings. The van der Waals surface area contributed by atoms with Gasteiger partial charge < -0.3 is 10.1 Å². The molecule has 0 bridgehead atoms. The molecule has 1 aliphatic rings. The van der Waals surface area contributed by atoms with E-state index in [1.165, 1.54) is 18.2 Å². The van der Waals surface area contributed by atoms with Crippen LogP contribution in [-0.4, -0.2) is 19.9 Å². The molecule has 0 aromatic heterocycles. The number of hydrogen-bond acceptors (Lipinski definition) is 4. The van der Waals surface area contributed by atoms with E-state index < -0.39 is 15.6 Å². The maximum atomic E-state index is 13.0. The zero-order chi connectivity index (χ0) is 22.1. The van der Waals surface area contributed by atoms with Crippen molar-refractivity contribution in [3.8, 4) is 5.75 Å². The number of hydrogen-bond donors (Lipinski definition) is 2. The van der Waals surface area contributed by atoms with Crippen LogP contribution in [0.25, 0.3) is 0 Å². The molecule has 4 rings (SSSR count). The molecule has 7 heteroatoms. The van der Waals surface area contributed by atoms with E-state index in [0.29, 0.717) is 17.7 Å². The van der Waals surface area contributed by atoms with Gasteiger partial charge in [0.1, 0.15) is 11.4 Å². The van der Waals surface area contributed by atoms with Crippen molar-refractivity contribution in [2.75, 3.05) is 4.72 Å². The van der Waals surface area contributed by atoms with Crippen LogP contribution in [0.3, 0.4) is 0 Å². The summed E-state index contributed by atoms with van der Waals surface area (Å²) >= 11 is 0. The summed E-state index contributed by atoms with van der Waals surface area (Å²) in [5.74, 6) is 0.478. The number of carbonyl (C=O) groups is 1. The molecule has 0 spiro atoms. The van der Waals surface area contributed by atoms with Gasteiger partial charge in [0.05, 0.1) is 10.9 Å². The van der Waals surface area contributed by atoms with Crippen LogP contribution in [0, 0.1) is 0 Å². The molecule has 0 fully saturated rings. The molecule has 31 heavy (non-hydrogen) atoms. The zero-order valence-corrected chi connectivity index (χ0v) is 18.1. The average Bonchev–Trinajstić information content (AvgIpc) is 2.73. The smallest absolute Gasteiger partial charge is 0.261 e. The topological polar surface area (TPSA) is 84.5 Å². The number of sulfonamides is 1. The third-order valence-electron chi connectivity index (χ3n) is 5.11. The summed E-state index contributed by atoms with van der Waals surface area (Å²) in [6.07, 6.45) is 0.621. The highest BCUT2D eigenvalue weighted by molar-refractivity contribution is 7.92. The molecular weight excluding hydrogens is 412 g/mol. The van der Waals surface area contributed by atoms with Gasteiger partial charge in [0.15, 0.2) is 0 Å². The fourth-order valence-corrected chi connectivity index (χ4v) is 4.78. The lowest BCUT2D eigenvalue weighted by molar-refractivity contribution is 0.0619. The number of para-hydroxylation sites is 1. The molecule has 3 aromatic carbocycles. The van der Waals surface area contributed by atoms with Crippen LogP contribution in [0.1, 0.15) is 42.2 Å². The molecule has 1 atom stereocenters. The average molecular weight is 437 g/mol. The summed E-state index contributed by atoms with van der Waals surface area (Å²) < 4.78 is 33.7. The predicted octanol–water partition coefficient (Wildman–Crippen LogP) is 4.52. The summed E-state index contributed by atoms with van der Waals surface area (Å²) in [5.41, 5.74) is 1.20. The van der Waals surface area contributed by atoms with Crippen molar-refractivity contribution in [3.63, 3.8) is 0 Å². The maximum absolute atomic E-state index is 13.0. The molecule has 2 N–H and O–H groups in total. The molecule has 0 saturated carbocycles. The second-order valence-corrected chi connectivity index (χ2v) is 9.81. The first-order valence-corrected chi connectivity index (χ1v) is 11.5. The fraction of sp³-hybridized carbons (Fsp3) is 0.208. The van der Waals surface area contributed by atoms with Crippen LogP contribution in [0.4, 0.5) is 5.69 Å². The maximum Gasteiger partial charge on any atom is 0.261 e. The summed E-state index contributed by atoms with van der Waals surface area (Å²) in [6, 6.07) is 22.0. The van der Waals surface area contributed by atoms with Gasteiger partial charge in [0, 0.05) is 23.2 Å². The summed E-state index contributed by atoms with van der Waals surface area (Å²) in [4.78, 5) is 13.2. The molecule has 0 saturated heterocycles. The number of nitrogens with one attached hydrogen (secondary N) is 2. The van der Waals surface area contributed by atoms with E-state index in [-0.39, 0.29) is 16.8 Å². The summed E-state index contributed by atoms with van der Waals surface area (Å²) in [7, 11) is -3.74. The van der Waals surface area contributed by atoms with Crippen molar-refractivity contribution in [1.29, 1.82) is 0 Å². The Morgan fingerprint density at radius 3 is 2.45 bits per heavy atom. The molecule has 1 heterocycles. The van der Waals surface area contributed by atoms with E-state index >= 15 is 0 Å². The molecule has 0 aliphatic carbocycles. The number of ether oxygens (including phenoxy) is 1. The van der Waals surface area contributed by atoms with Crippen molar-refractivity contribution >= 4 is 21.6 Å². The van der Waals surface area contributed by atoms with Crippen molar-refractivity contribution in [2.24, 2.45) is 0 Å². The Bertz CT molecular complexity index is 1210. The van der Waals surface area contributed by atoms with Gasteiger partial charge in [0.25, 0.3) is 15.9 Å². The number of benzene rings is 3. The molecule has 1 amide bonds. The van der Waals surface area contributed by atoms with E-state index in [9.17, 15) is 13.2 Å². The quantitative estimate of drug-likeness (QED) is 0.616. The van der Waals surface area contributed by atoms with Crippen LogP contribution in [0.15, 0.2) is 83.8 Å². The van der Waals surface area contributed by atoms with E-state index in [1.54, 1.807) is 36.4 Å². The van der Waals surface area contributed by atoms with Gasteiger partial charge in [0.2, 0.25) is 0 Å². The van der Waals surface area contributed by atoms with E-state index in [2.05, 4.69) is 10.0 Å². The first-order valence-electron chi connectivity index (χ1n) is 10.0. The second-order valence-electron chi connectivity index (χ2n) is 8.13. The molecule has 1 unspecified atom stereocenters. The lowest BCUT2D eigenvalue weighted by atomic mass is 9.89. The van der Waals surface area contributed by atoms with Crippen molar-refractivity contribution in [3.05, 3.63) is 90.0 Å². The second kappa shape index (κ2) is 8.07. The van der Waals surface area contributed by atoms with Crippen LogP contribution < -0.4 is 14.8 Å². The van der Waals surface area contributed by atoms with Crippen molar-refractivity contribution in [1.82, 2.24) is 5.32 Å². The Balaban J connectivity index is 1.54. The normalized spacial score (nSPS) is 17.2. The van der Waals surface area contributed by atoms with Crippen LogP contribution in [-0.2, 0) is 10.0 Å². The number of carbonyl (C=O) groups excluding carboxylic acids is 1. The lowest BCUT2D eigenvalue weighted by Crippen LogP contribution is -2.41. The minimum absolute atomic E-state index is 0.158. The largest absolute Gasteiger partial charge is 0.487 e. The molecule has 1 aliphatic heterocycles. The highest BCUT2D eigenvalue weighted by Crippen LogP contribution is 2.39. The summed E-state index contributed by atoms with van der Waals surface area (Å²) in [6.45, 7) is 3.97. The van der Waals surface area contributed by atoms with Crippen LogP contribution >= 0.6 is 0 Å². The Labute approximate surface area is 182 Å². The number of fused-ring (bicyclic) bond motifs is 1. The first kappa shape index (κ1) is 20.9. The van der Waals surface area contributed by atoms with E-state index in [4.69, 9.17) is 4.74 Å². The van der Waals surface area contributed by atoms with Gasteiger partial charge in [-0.15, -0.1) is 0 Å². The lowest BCUT2D eigenvalue weighted by Gasteiger charge is -2.37. The van der Waals surface area contributed by atoms with Gasteiger partial charge >= 0.3 is 0 Å². The highest BCUT2D eigenvalue weighted by Gasteiger charge is 2.34. The van der Waals surface area contributed by atoms with Gasteiger partial charge in [-0.3, -0.25) is 9.52 Å². The molecule has 6 nitrogen and oxygen atoms in total. The van der Waals surface area contributed by atoms with Gasteiger partial charge in [-0.1, -0.05) is 42.5 Å². The van der Waals surface area contributed by atoms with Gasteiger partial charge in [-0.2, -0.15) is 0 Å². The van der Waals surface area contributed by atoms with Crippen LogP contribution in [0.2, 0.25) is 0 Å². The SMILES string of the molecule is CC1(C)CC(NC(=O)c2cccc(NS(=O)(=O)c3ccccc3)c2)c2ccccc2O1. The monoisotopic (exact) mass is 436 g/mol. The van der Waals surface area contributed by atoms with E-state index in [1.807, 2.05) is 38.1 Å². The number of rotatable bonds is 5. The Morgan fingerprint density at radius 2 is 1.68 bits per heavy atom. The fourth-order valence-electron chi connectivity index (χ4n) is 3.71. The zero-order valence-electron chi connectivity index (χ0n) is 17.3. The van der Waals surface area contributed by atoms with Gasteiger partial charge in [-0.05, 0) is 50.2 Å². The summed E-state index contributed by atoms with van der Waals surface area (Å²) in [5, 5.41) is 3.07. The number of amides is 1. The van der Waals surface area contributed by atoms with Crippen molar-refractivity contribution < 1.29 is 17.9 Å². The number of anilines is 1. The molecule has 0 radical (unpaired) electrons. The minimum Gasteiger partial charge on any atom is -0.487 e. The minimum atomic E-state index is -3.74. The Morgan fingerprint density at radius 1 is 0.968 bits per heavy atom. The first-order chi connectivity index (χ1) is 14.7. The third kappa shape index (κ3) is 4.72. The van der Waals surface area contributed by atoms with Crippen molar-refractivity contribution in [2.45, 2.75) is 36.8 Å². The Kier molecular flexibility index (Phi) is 5.45. The third-order valence-corrected chi connectivity index (χ3v) is 6.51. The Hall–Kier alpha value is -3.32. The molecular formula is C24H24N2O4S. The molecule has 160 valence electrons. The van der Waals surface area contributed by atoms with Crippen LogP contribution in [0.5, 0.6) is 5.75 Å².